The van der Waals surface area contributed by atoms with E-state index in [9.17, 15) is 14.9 Å². The number of thiophene rings is 1. The number of esters is 1. The highest BCUT2D eigenvalue weighted by atomic mass is 32.1. The molecule has 0 spiro atoms. The van der Waals surface area contributed by atoms with E-state index in [0.717, 1.165) is 16.9 Å². The molecule has 0 saturated heterocycles. The van der Waals surface area contributed by atoms with Crippen LogP contribution in [0.15, 0.2) is 47.2 Å². The minimum Gasteiger partial charge on any atom is -0.452 e. The molecular formula is C20H17N3O3S. The van der Waals surface area contributed by atoms with Gasteiger partial charge in [0.15, 0.2) is 6.61 Å². The number of amides is 1. The lowest BCUT2D eigenvalue weighted by atomic mass is 10.2. The molecule has 6 nitrogen and oxygen atoms in total. The minimum absolute atomic E-state index is 0.371. The van der Waals surface area contributed by atoms with Crippen molar-refractivity contribution < 1.29 is 14.3 Å². The zero-order valence-corrected chi connectivity index (χ0v) is 15.7. The quantitative estimate of drug-likeness (QED) is 0.683. The van der Waals surface area contributed by atoms with Crippen LogP contribution in [0.5, 0.6) is 0 Å². The Kier molecular flexibility index (Phi) is 5.38. The number of benzene rings is 1. The van der Waals surface area contributed by atoms with Crippen molar-refractivity contribution in [3.05, 3.63) is 69.5 Å². The first-order valence-electron chi connectivity index (χ1n) is 8.19. The maximum Gasteiger partial charge on any atom is 0.339 e. The van der Waals surface area contributed by atoms with Gasteiger partial charge >= 0.3 is 5.97 Å². The molecule has 136 valence electrons. The number of nitriles is 1. The summed E-state index contributed by atoms with van der Waals surface area (Å²) in [6.45, 7) is 3.28. The molecular weight excluding hydrogens is 362 g/mol. The minimum atomic E-state index is -0.558. The van der Waals surface area contributed by atoms with Crippen molar-refractivity contribution in [2.45, 2.75) is 13.8 Å². The fourth-order valence-corrected chi connectivity index (χ4v) is 3.35. The second-order valence-corrected chi connectivity index (χ2v) is 6.63. The molecule has 1 aromatic carbocycles. The smallest absolute Gasteiger partial charge is 0.339 e. The number of hydrogen-bond acceptors (Lipinski definition) is 5. The molecule has 2 heterocycles. The number of para-hydroxylation sites is 1. The molecule has 0 aliphatic heterocycles. The molecule has 3 rings (SSSR count). The van der Waals surface area contributed by atoms with Crippen molar-refractivity contribution in [3.8, 4) is 11.8 Å². The van der Waals surface area contributed by atoms with Crippen molar-refractivity contribution in [1.29, 1.82) is 5.26 Å². The summed E-state index contributed by atoms with van der Waals surface area (Å²) in [5.41, 5.74) is 3.25. The second kappa shape index (κ2) is 7.89. The molecule has 0 aliphatic rings. The number of rotatable bonds is 5. The summed E-state index contributed by atoms with van der Waals surface area (Å²) >= 11 is 1.37. The first kappa shape index (κ1) is 18.4. The number of ether oxygens (including phenoxy) is 1. The second-order valence-electron chi connectivity index (χ2n) is 5.85. The van der Waals surface area contributed by atoms with E-state index in [1.165, 1.54) is 11.3 Å². The van der Waals surface area contributed by atoms with Gasteiger partial charge in [-0.3, -0.25) is 9.36 Å². The van der Waals surface area contributed by atoms with Gasteiger partial charge < -0.3 is 10.1 Å². The van der Waals surface area contributed by atoms with Gasteiger partial charge in [0.25, 0.3) is 5.91 Å². The topological polar surface area (TPSA) is 84.1 Å². The van der Waals surface area contributed by atoms with E-state index in [-0.39, 0.29) is 0 Å². The van der Waals surface area contributed by atoms with Crippen LogP contribution in [0.4, 0.5) is 5.82 Å². The predicted molar refractivity (Wildman–Crippen MR) is 103 cm³/mol. The van der Waals surface area contributed by atoms with Gasteiger partial charge in [-0.15, -0.1) is 0 Å². The van der Waals surface area contributed by atoms with Gasteiger partial charge in [-0.25, -0.2) is 4.79 Å². The zero-order chi connectivity index (χ0) is 19.4. The largest absolute Gasteiger partial charge is 0.452 e. The fourth-order valence-electron chi connectivity index (χ4n) is 2.72. The van der Waals surface area contributed by atoms with E-state index in [1.54, 1.807) is 16.8 Å². The van der Waals surface area contributed by atoms with Gasteiger partial charge in [0, 0.05) is 16.8 Å². The van der Waals surface area contributed by atoms with E-state index >= 15 is 0 Å². The number of carbonyl (C=O) groups is 2. The third-order valence-corrected chi connectivity index (χ3v) is 4.87. The number of nitrogens with zero attached hydrogens (tertiary/aromatic N) is 2. The highest BCUT2D eigenvalue weighted by Gasteiger charge is 2.21. The molecule has 0 aliphatic carbocycles. The summed E-state index contributed by atoms with van der Waals surface area (Å²) in [5, 5.41) is 15.7. The monoisotopic (exact) mass is 379 g/mol. The average molecular weight is 379 g/mol. The summed E-state index contributed by atoms with van der Waals surface area (Å²) < 4.78 is 6.85. The van der Waals surface area contributed by atoms with Gasteiger partial charge in [0.05, 0.1) is 11.1 Å². The molecule has 1 amide bonds. The van der Waals surface area contributed by atoms with Crippen molar-refractivity contribution >= 4 is 29.0 Å². The Morgan fingerprint density at radius 3 is 2.59 bits per heavy atom. The van der Waals surface area contributed by atoms with Crippen LogP contribution in [0.2, 0.25) is 0 Å². The zero-order valence-electron chi connectivity index (χ0n) is 14.9. The van der Waals surface area contributed by atoms with Gasteiger partial charge in [0.1, 0.15) is 11.9 Å². The summed E-state index contributed by atoms with van der Waals surface area (Å²) in [5.74, 6) is -0.697. The molecule has 0 fully saturated rings. The maximum atomic E-state index is 12.4. The Hall–Kier alpha value is -3.37. The summed E-state index contributed by atoms with van der Waals surface area (Å²) in [4.78, 5) is 24.2. The highest BCUT2D eigenvalue weighted by molar-refractivity contribution is 7.08. The standard InChI is InChI=1S/C20H17N3O3S/c1-13-14(2)23(16-6-4-3-5-7-16)19(17(13)10-21)22-18(24)11-26-20(25)15-8-9-27-12-15/h3-9,12H,11H2,1-2H3,(H,22,24). The first-order valence-corrected chi connectivity index (χ1v) is 9.13. The van der Waals surface area contributed by atoms with Gasteiger partial charge in [-0.05, 0) is 43.0 Å². The van der Waals surface area contributed by atoms with E-state index < -0.39 is 18.5 Å². The lowest BCUT2D eigenvalue weighted by Crippen LogP contribution is -2.22. The number of carbonyl (C=O) groups excluding carboxylic acids is 2. The average Bonchev–Trinajstić information content (AvgIpc) is 3.29. The first-order chi connectivity index (χ1) is 13.0. The van der Waals surface area contributed by atoms with Crippen molar-refractivity contribution in [2.75, 3.05) is 11.9 Å². The van der Waals surface area contributed by atoms with Crippen LogP contribution in [0.1, 0.15) is 27.2 Å². The normalized spacial score (nSPS) is 10.3. The molecule has 2 aromatic heterocycles. The van der Waals surface area contributed by atoms with E-state index in [1.807, 2.05) is 48.7 Å². The van der Waals surface area contributed by atoms with Crippen LogP contribution in [-0.2, 0) is 9.53 Å². The lowest BCUT2D eigenvalue weighted by molar-refractivity contribution is -0.119. The predicted octanol–water partition coefficient (Wildman–Crippen LogP) is 3.82. The Balaban J connectivity index is 1.83. The molecule has 7 heteroatoms. The van der Waals surface area contributed by atoms with Crippen LogP contribution in [0.25, 0.3) is 5.69 Å². The van der Waals surface area contributed by atoms with Crippen molar-refractivity contribution in [2.24, 2.45) is 0 Å². The van der Waals surface area contributed by atoms with Gasteiger partial charge in [-0.1, -0.05) is 18.2 Å². The van der Waals surface area contributed by atoms with E-state index in [2.05, 4.69) is 11.4 Å². The summed E-state index contributed by atoms with van der Waals surface area (Å²) in [6.07, 6.45) is 0. The molecule has 0 atom stereocenters. The molecule has 0 saturated carbocycles. The Bertz CT molecular complexity index is 1020. The summed E-state index contributed by atoms with van der Waals surface area (Å²) in [7, 11) is 0. The Morgan fingerprint density at radius 2 is 1.96 bits per heavy atom. The third-order valence-electron chi connectivity index (χ3n) is 4.19. The SMILES string of the molecule is Cc1c(C#N)c(NC(=O)COC(=O)c2ccsc2)n(-c2ccccc2)c1C. The molecule has 0 unspecified atom stereocenters. The van der Waals surface area contributed by atoms with Gasteiger partial charge in [-0.2, -0.15) is 16.6 Å². The number of hydrogen-bond donors (Lipinski definition) is 1. The lowest BCUT2D eigenvalue weighted by Gasteiger charge is -2.13. The summed E-state index contributed by atoms with van der Waals surface area (Å²) in [6, 6.07) is 13.2. The molecule has 27 heavy (non-hydrogen) atoms. The van der Waals surface area contributed by atoms with Gasteiger partial charge in [0.2, 0.25) is 0 Å². The molecule has 1 N–H and O–H groups in total. The van der Waals surface area contributed by atoms with Crippen molar-refractivity contribution in [1.82, 2.24) is 4.57 Å². The number of aromatic nitrogens is 1. The van der Waals surface area contributed by atoms with Crippen LogP contribution in [-0.4, -0.2) is 23.1 Å². The van der Waals surface area contributed by atoms with E-state index in [4.69, 9.17) is 4.74 Å². The van der Waals surface area contributed by atoms with Crippen LogP contribution >= 0.6 is 11.3 Å². The van der Waals surface area contributed by atoms with Crippen LogP contribution in [0.3, 0.4) is 0 Å². The Morgan fingerprint density at radius 1 is 1.22 bits per heavy atom. The molecule has 3 aromatic rings. The highest BCUT2D eigenvalue weighted by Crippen LogP contribution is 2.29. The molecule has 0 bridgehead atoms. The number of nitrogens with one attached hydrogen (secondary N) is 1. The maximum absolute atomic E-state index is 12.4. The third kappa shape index (κ3) is 3.76. The van der Waals surface area contributed by atoms with E-state index in [0.29, 0.717) is 16.9 Å². The van der Waals surface area contributed by atoms with Crippen LogP contribution in [0, 0.1) is 25.2 Å². The van der Waals surface area contributed by atoms with Crippen molar-refractivity contribution in [3.63, 3.8) is 0 Å². The van der Waals surface area contributed by atoms with Crippen LogP contribution < -0.4 is 5.32 Å². The molecule has 0 radical (unpaired) electrons. The fraction of sp³-hybridized carbons (Fsp3) is 0.150. The number of anilines is 1. The Labute approximate surface area is 160 Å².